The molecule has 1 aromatic rings. The van der Waals surface area contributed by atoms with Crippen LogP contribution in [0.3, 0.4) is 0 Å². The van der Waals surface area contributed by atoms with E-state index in [4.69, 9.17) is 0 Å². The fraction of sp³-hybridized carbons (Fsp3) is 0.455. The Labute approximate surface area is 79.3 Å². The molecule has 0 aliphatic carbocycles. The SMILES string of the molecule is Cc1ccc(C2CNNC2)c(C)c1. The second kappa shape index (κ2) is 3.48. The zero-order valence-electron chi connectivity index (χ0n) is 8.22. The number of hydrazine groups is 1. The summed E-state index contributed by atoms with van der Waals surface area (Å²) < 4.78 is 0. The molecule has 1 saturated heterocycles. The summed E-state index contributed by atoms with van der Waals surface area (Å²) in [5.41, 5.74) is 10.6. The third kappa shape index (κ3) is 1.74. The highest BCUT2D eigenvalue weighted by Crippen LogP contribution is 2.21. The molecule has 2 rings (SSSR count). The predicted octanol–water partition coefficient (Wildman–Crippen LogP) is 1.49. The van der Waals surface area contributed by atoms with Crippen molar-refractivity contribution in [3.63, 3.8) is 0 Å². The van der Waals surface area contributed by atoms with Gasteiger partial charge in [0, 0.05) is 19.0 Å². The van der Waals surface area contributed by atoms with E-state index in [-0.39, 0.29) is 0 Å². The summed E-state index contributed by atoms with van der Waals surface area (Å²) in [6.07, 6.45) is 0. The van der Waals surface area contributed by atoms with Gasteiger partial charge in [-0.15, -0.1) is 0 Å². The summed E-state index contributed by atoms with van der Waals surface area (Å²) in [7, 11) is 0. The van der Waals surface area contributed by atoms with E-state index in [9.17, 15) is 0 Å². The fourth-order valence-electron chi connectivity index (χ4n) is 1.97. The number of hydrogen-bond acceptors (Lipinski definition) is 2. The number of benzene rings is 1. The molecule has 0 radical (unpaired) electrons. The standard InChI is InChI=1S/C11H16N2/c1-8-3-4-11(9(2)5-8)10-6-12-13-7-10/h3-5,10,12-13H,6-7H2,1-2H3. The smallest absolute Gasteiger partial charge is 0.0182 e. The van der Waals surface area contributed by atoms with Gasteiger partial charge in [0.2, 0.25) is 0 Å². The van der Waals surface area contributed by atoms with Crippen LogP contribution >= 0.6 is 0 Å². The van der Waals surface area contributed by atoms with E-state index in [1.54, 1.807) is 0 Å². The monoisotopic (exact) mass is 176 g/mol. The van der Waals surface area contributed by atoms with E-state index in [2.05, 4.69) is 42.9 Å². The van der Waals surface area contributed by atoms with Crippen LogP contribution in [0.2, 0.25) is 0 Å². The van der Waals surface area contributed by atoms with Crippen molar-refractivity contribution in [1.82, 2.24) is 10.9 Å². The van der Waals surface area contributed by atoms with Gasteiger partial charge in [0.05, 0.1) is 0 Å². The number of hydrogen-bond donors (Lipinski definition) is 2. The van der Waals surface area contributed by atoms with Gasteiger partial charge in [0.15, 0.2) is 0 Å². The molecule has 0 amide bonds. The Balaban J connectivity index is 2.29. The quantitative estimate of drug-likeness (QED) is 0.677. The largest absolute Gasteiger partial charge is 0.257 e. The lowest BCUT2D eigenvalue weighted by atomic mass is 9.94. The predicted molar refractivity (Wildman–Crippen MR) is 54.7 cm³/mol. The lowest BCUT2D eigenvalue weighted by molar-refractivity contribution is 0.689. The summed E-state index contributed by atoms with van der Waals surface area (Å²) >= 11 is 0. The van der Waals surface area contributed by atoms with Gasteiger partial charge in [-0.3, -0.25) is 10.9 Å². The highest BCUT2D eigenvalue weighted by molar-refractivity contribution is 5.33. The van der Waals surface area contributed by atoms with Crippen LogP contribution in [0.25, 0.3) is 0 Å². The Kier molecular flexibility index (Phi) is 2.34. The maximum atomic E-state index is 3.16. The van der Waals surface area contributed by atoms with Crippen LogP contribution in [0.4, 0.5) is 0 Å². The molecular formula is C11H16N2. The minimum Gasteiger partial charge on any atom is -0.257 e. The molecule has 0 unspecified atom stereocenters. The van der Waals surface area contributed by atoms with Crippen LogP contribution < -0.4 is 10.9 Å². The molecule has 0 aromatic heterocycles. The van der Waals surface area contributed by atoms with Gasteiger partial charge in [0.25, 0.3) is 0 Å². The van der Waals surface area contributed by atoms with Crippen molar-refractivity contribution >= 4 is 0 Å². The van der Waals surface area contributed by atoms with Crippen LogP contribution in [0.1, 0.15) is 22.6 Å². The fourth-order valence-corrected chi connectivity index (χ4v) is 1.97. The molecular weight excluding hydrogens is 160 g/mol. The molecule has 1 fully saturated rings. The molecule has 0 spiro atoms. The van der Waals surface area contributed by atoms with Gasteiger partial charge >= 0.3 is 0 Å². The van der Waals surface area contributed by atoms with E-state index in [1.165, 1.54) is 16.7 Å². The zero-order valence-corrected chi connectivity index (χ0v) is 8.22. The van der Waals surface area contributed by atoms with E-state index in [1.807, 2.05) is 0 Å². The summed E-state index contributed by atoms with van der Waals surface area (Å²) in [6, 6.07) is 6.71. The van der Waals surface area contributed by atoms with Gasteiger partial charge in [-0.2, -0.15) is 0 Å². The molecule has 70 valence electrons. The maximum absolute atomic E-state index is 3.16. The van der Waals surface area contributed by atoms with Gasteiger partial charge in [-0.1, -0.05) is 23.8 Å². The first kappa shape index (κ1) is 8.73. The molecule has 0 bridgehead atoms. The maximum Gasteiger partial charge on any atom is 0.0182 e. The molecule has 0 atom stereocenters. The second-order valence-corrected chi connectivity index (χ2v) is 3.82. The average Bonchev–Trinajstić information content (AvgIpc) is 2.56. The summed E-state index contributed by atoms with van der Waals surface area (Å²) in [5, 5.41) is 0. The van der Waals surface area contributed by atoms with Crippen molar-refractivity contribution in [3.8, 4) is 0 Å². The molecule has 2 nitrogen and oxygen atoms in total. The van der Waals surface area contributed by atoms with Crippen LogP contribution in [0.15, 0.2) is 18.2 Å². The Bertz CT molecular complexity index is 301. The molecule has 1 aliphatic rings. The zero-order chi connectivity index (χ0) is 9.26. The molecule has 1 heterocycles. The number of aryl methyl sites for hydroxylation is 2. The van der Waals surface area contributed by atoms with E-state index >= 15 is 0 Å². The first-order valence-corrected chi connectivity index (χ1v) is 4.80. The van der Waals surface area contributed by atoms with E-state index in [0.717, 1.165) is 13.1 Å². The lowest BCUT2D eigenvalue weighted by Crippen LogP contribution is -2.21. The molecule has 2 heteroatoms. The first-order valence-electron chi connectivity index (χ1n) is 4.80. The average molecular weight is 176 g/mol. The third-order valence-electron chi connectivity index (χ3n) is 2.69. The molecule has 1 aromatic carbocycles. The van der Waals surface area contributed by atoms with Crippen molar-refractivity contribution in [2.75, 3.05) is 13.1 Å². The van der Waals surface area contributed by atoms with Gasteiger partial charge in [-0.05, 0) is 25.0 Å². The van der Waals surface area contributed by atoms with Gasteiger partial charge < -0.3 is 0 Å². The third-order valence-corrected chi connectivity index (χ3v) is 2.69. The van der Waals surface area contributed by atoms with Gasteiger partial charge in [-0.25, -0.2) is 0 Å². The summed E-state index contributed by atoms with van der Waals surface area (Å²) in [6.45, 7) is 6.43. The van der Waals surface area contributed by atoms with Crippen molar-refractivity contribution in [2.45, 2.75) is 19.8 Å². The molecule has 2 N–H and O–H groups in total. The minimum atomic E-state index is 0.639. The van der Waals surface area contributed by atoms with Gasteiger partial charge in [0.1, 0.15) is 0 Å². The highest BCUT2D eigenvalue weighted by Gasteiger charge is 2.17. The van der Waals surface area contributed by atoms with Crippen molar-refractivity contribution < 1.29 is 0 Å². The number of rotatable bonds is 1. The first-order chi connectivity index (χ1) is 6.27. The topological polar surface area (TPSA) is 24.1 Å². The Morgan fingerprint density at radius 3 is 2.46 bits per heavy atom. The normalized spacial score (nSPS) is 18.0. The Morgan fingerprint density at radius 2 is 1.85 bits per heavy atom. The second-order valence-electron chi connectivity index (χ2n) is 3.82. The summed E-state index contributed by atoms with van der Waals surface area (Å²) in [5.74, 6) is 0.639. The molecule has 13 heavy (non-hydrogen) atoms. The van der Waals surface area contributed by atoms with E-state index < -0.39 is 0 Å². The number of nitrogens with one attached hydrogen (secondary N) is 2. The Hall–Kier alpha value is -0.860. The van der Waals surface area contributed by atoms with E-state index in [0.29, 0.717) is 5.92 Å². The molecule has 0 saturated carbocycles. The van der Waals surface area contributed by atoms with Crippen molar-refractivity contribution in [2.24, 2.45) is 0 Å². The molecule has 1 aliphatic heterocycles. The van der Waals surface area contributed by atoms with Crippen molar-refractivity contribution in [1.29, 1.82) is 0 Å². The lowest BCUT2D eigenvalue weighted by Gasteiger charge is -2.11. The van der Waals surface area contributed by atoms with Crippen molar-refractivity contribution in [3.05, 3.63) is 34.9 Å². The summed E-state index contributed by atoms with van der Waals surface area (Å²) in [4.78, 5) is 0. The van der Waals surface area contributed by atoms with Crippen LogP contribution in [0, 0.1) is 13.8 Å². The van der Waals surface area contributed by atoms with Crippen LogP contribution in [0.5, 0.6) is 0 Å². The Morgan fingerprint density at radius 1 is 1.15 bits per heavy atom. The van der Waals surface area contributed by atoms with Crippen LogP contribution in [-0.2, 0) is 0 Å². The highest BCUT2D eigenvalue weighted by atomic mass is 15.4. The van der Waals surface area contributed by atoms with Crippen LogP contribution in [-0.4, -0.2) is 13.1 Å². The minimum absolute atomic E-state index is 0.639.